The molecule has 1 saturated heterocycles. The highest BCUT2D eigenvalue weighted by molar-refractivity contribution is 5.97. The molecule has 0 aromatic carbocycles. The smallest absolute Gasteiger partial charge is 0.322 e. The first-order chi connectivity index (χ1) is 8.95. The van der Waals surface area contributed by atoms with E-state index in [4.69, 9.17) is 5.11 Å². The number of carboxylic acid groups (broad SMARTS) is 1. The maximum atomic E-state index is 10.6. The van der Waals surface area contributed by atoms with Crippen molar-refractivity contribution in [2.24, 2.45) is 0 Å². The first-order valence-corrected chi connectivity index (χ1v) is 5.57. The monoisotopic (exact) mass is 268 g/mol. The average Bonchev–Trinajstić information content (AvgIpc) is 2.34. The van der Waals surface area contributed by atoms with E-state index in [1.54, 1.807) is 0 Å². The van der Waals surface area contributed by atoms with E-state index in [1.807, 2.05) is 0 Å². The Morgan fingerprint density at radius 2 is 1.89 bits per heavy atom. The lowest BCUT2D eigenvalue weighted by Gasteiger charge is -2.07. The Morgan fingerprint density at radius 3 is 2.26 bits per heavy atom. The molecular formula is C12H16N2O5. The molecule has 7 nitrogen and oxygen atoms in total. The van der Waals surface area contributed by atoms with Gasteiger partial charge in [-0.2, -0.15) is 0 Å². The van der Waals surface area contributed by atoms with E-state index in [0.717, 1.165) is 0 Å². The second kappa shape index (κ2) is 9.58. The predicted molar refractivity (Wildman–Crippen MR) is 67.0 cm³/mol. The highest BCUT2D eigenvalue weighted by atomic mass is 16.4. The normalized spacial score (nSPS) is 14.1. The molecule has 1 heterocycles. The molecule has 1 fully saturated rings. The third kappa shape index (κ3) is 10.4. The first kappa shape index (κ1) is 16.6. The second-order valence-electron chi connectivity index (χ2n) is 3.53. The molecule has 19 heavy (non-hydrogen) atoms. The van der Waals surface area contributed by atoms with Gasteiger partial charge in [-0.1, -0.05) is 18.7 Å². The molecule has 0 spiro atoms. The average molecular weight is 268 g/mol. The molecule has 0 unspecified atom stereocenters. The van der Waals surface area contributed by atoms with Crippen LogP contribution in [0.1, 0.15) is 19.3 Å². The third-order valence-corrected chi connectivity index (χ3v) is 1.88. The summed E-state index contributed by atoms with van der Waals surface area (Å²) < 4.78 is 0. The van der Waals surface area contributed by atoms with Crippen LogP contribution in [0, 0.1) is 0 Å². The Kier molecular flexibility index (Phi) is 8.35. The number of carboxylic acids is 1. The number of hydrogen-bond acceptors (Lipinski definition) is 4. The molecule has 3 N–H and O–H groups in total. The summed E-state index contributed by atoms with van der Waals surface area (Å²) in [5.74, 6) is -1.78. The molecule has 3 amide bonds. The van der Waals surface area contributed by atoms with Crippen LogP contribution < -0.4 is 10.6 Å². The van der Waals surface area contributed by atoms with Gasteiger partial charge in [0.2, 0.25) is 17.7 Å². The lowest BCUT2D eigenvalue weighted by Crippen LogP contribution is -2.33. The van der Waals surface area contributed by atoms with Crippen LogP contribution in [-0.4, -0.2) is 35.3 Å². The van der Waals surface area contributed by atoms with Gasteiger partial charge in [-0.05, 0) is 6.42 Å². The van der Waals surface area contributed by atoms with Crippen LogP contribution in [0.3, 0.4) is 0 Å². The number of amides is 3. The molecule has 0 bridgehead atoms. The van der Waals surface area contributed by atoms with Crippen molar-refractivity contribution in [3.05, 3.63) is 24.8 Å². The fourth-order valence-corrected chi connectivity index (χ4v) is 1.07. The van der Waals surface area contributed by atoms with Crippen LogP contribution in [0.25, 0.3) is 0 Å². The Labute approximate surface area is 110 Å². The summed E-state index contributed by atoms with van der Waals surface area (Å²) in [5, 5.41) is 12.5. The highest BCUT2D eigenvalue weighted by Crippen LogP contribution is 2.00. The summed E-state index contributed by atoms with van der Waals surface area (Å²) in [4.78, 5) is 41.2. The Bertz CT molecular complexity index is 387. The summed E-state index contributed by atoms with van der Waals surface area (Å²) in [6.45, 7) is 2.98. The van der Waals surface area contributed by atoms with Crippen LogP contribution in [0.5, 0.6) is 0 Å². The van der Waals surface area contributed by atoms with Gasteiger partial charge in [-0.15, -0.1) is 0 Å². The van der Waals surface area contributed by atoms with Crippen molar-refractivity contribution in [3.8, 4) is 0 Å². The maximum absolute atomic E-state index is 10.6. The number of hydrogen-bond donors (Lipinski definition) is 3. The van der Waals surface area contributed by atoms with Gasteiger partial charge < -0.3 is 10.4 Å². The summed E-state index contributed by atoms with van der Waals surface area (Å²) in [6, 6.07) is 0. The SMILES string of the molecule is C=C/C=C\C(=O)NCC(=O)O.O=C1CCCC(=O)N1. The van der Waals surface area contributed by atoms with E-state index in [-0.39, 0.29) is 18.4 Å². The molecule has 0 aromatic heterocycles. The summed E-state index contributed by atoms with van der Waals surface area (Å²) in [6.07, 6.45) is 5.79. The van der Waals surface area contributed by atoms with Crippen molar-refractivity contribution in [3.63, 3.8) is 0 Å². The maximum Gasteiger partial charge on any atom is 0.322 e. The summed E-state index contributed by atoms with van der Waals surface area (Å²) in [7, 11) is 0. The van der Waals surface area contributed by atoms with Crippen molar-refractivity contribution < 1.29 is 24.3 Å². The fourth-order valence-electron chi connectivity index (χ4n) is 1.07. The third-order valence-electron chi connectivity index (χ3n) is 1.88. The molecule has 1 aliphatic heterocycles. The van der Waals surface area contributed by atoms with E-state index in [1.165, 1.54) is 18.2 Å². The second-order valence-corrected chi connectivity index (χ2v) is 3.53. The van der Waals surface area contributed by atoms with E-state index < -0.39 is 11.9 Å². The zero-order chi connectivity index (χ0) is 14.7. The van der Waals surface area contributed by atoms with E-state index in [2.05, 4.69) is 17.2 Å². The number of piperidine rings is 1. The lowest BCUT2D eigenvalue weighted by atomic mass is 10.1. The Morgan fingerprint density at radius 1 is 1.32 bits per heavy atom. The van der Waals surface area contributed by atoms with Crippen LogP contribution in [0.4, 0.5) is 0 Å². The number of rotatable bonds is 4. The van der Waals surface area contributed by atoms with Crippen molar-refractivity contribution in [1.29, 1.82) is 0 Å². The van der Waals surface area contributed by atoms with Gasteiger partial charge in [0, 0.05) is 18.9 Å². The predicted octanol–water partition coefficient (Wildman–Crippen LogP) is -0.257. The molecule has 7 heteroatoms. The first-order valence-electron chi connectivity index (χ1n) is 5.57. The van der Waals surface area contributed by atoms with Crippen molar-refractivity contribution in [2.45, 2.75) is 19.3 Å². The standard InChI is InChI=1S/C7H9NO3.C5H7NO2/c1-2-3-4-6(9)8-5-7(10)11;7-4-2-1-3-5(8)6-4/h2-4H,1,5H2,(H,8,9)(H,10,11);1-3H2,(H,6,7,8)/b4-3-;. The van der Waals surface area contributed by atoms with Gasteiger partial charge in [-0.25, -0.2) is 0 Å². The highest BCUT2D eigenvalue weighted by Gasteiger charge is 2.12. The minimum absolute atomic E-state index is 0.138. The number of allylic oxidation sites excluding steroid dienone is 2. The molecule has 1 rings (SSSR count). The molecule has 0 atom stereocenters. The topological polar surface area (TPSA) is 113 Å². The van der Waals surface area contributed by atoms with Crippen LogP contribution >= 0.6 is 0 Å². The fraction of sp³-hybridized carbons (Fsp3) is 0.333. The molecule has 104 valence electrons. The summed E-state index contributed by atoms with van der Waals surface area (Å²) in [5.41, 5.74) is 0. The number of carbonyl (C=O) groups excluding carboxylic acids is 3. The van der Waals surface area contributed by atoms with Gasteiger partial charge in [0.15, 0.2) is 0 Å². The summed E-state index contributed by atoms with van der Waals surface area (Å²) >= 11 is 0. The zero-order valence-electron chi connectivity index (χ0n) is 10.3. The van der Waals surface area contributed by atoms with E-state index in [9.17, 15) is 19.2 Å². The molecule has 0 radical (unpaired) electrons. The van der Waals surface area contributed by atoms with Crippen LogP contribution in [0.15, 0.2) is 24.8 Å². The number of nitrogens with one attached hydrogen (secondary N) is 2. The van der Waals surface area contributed by atoms with Crippen LogP contribution in [0.2, 0.25) is 0 Å². The van der Waals surface area contributed by atoms with Gasteiger partial charge in [0.1, 0.15) is 6.54 Å². The molecular weight excluding hydrogens is 252 g/mol. The number of imide groups is 1. The van der Waals surface area contributed by atoms with Crippen molar-refractivity contribution in [2.75, 3.05) is 6.54 Å². The lowest BCUT2D eigenvalue weighted by molar-refractivity contribution is -0.137. The number of carbonyl (C=O) groups is 4. The Balaban J connectivity index is 0.000000356. The van der Waals surface area contributed by atoms with E-state index >= 15 is 0 Å². The van der Waals surface area contributed by atoms with Crippen molar-refractivity contribution in [1.82, 2.24) is 10.6 Å². The molecule has 0 aliphatic carbocycles. The number of aliphatic carboxylic acids is 1. The van der Waals surface area contributed by atoms with E-state index in [0.29, 0.717) is 19.3 Å². The molecule has 1 aliphatic rings. The van der Waals surface area contributed by atoms with Crippen molar-refractivity contribution >= 4 is 23.7 Å². The Hall–Kier alpha value is -2.44. The quantitative estimate of drug-likeness (QED) is 0.369. The van der Waals surface area contributed by atoms with Gasteiger partial charge in [0.25, 0.3) is 0 Å². The minimum atomic E-state index is -1.06. The van der Waals surface area contributed by atoms with Gasteiger partial charge in [-0.3, -0.25) is 24.5 Å². The van der Waals surface area contributed by atoms with Crippen LogP contribution in [-0.2, 0) is 19.2 Å². The van der Waals surface area contributed by atoms with Gasteiger partial charge in [0.05, 0.1) is 0 Å². The molecule has 0 saturated carbocycles. The zero-order valence-corrected chi connectivity index (χ0v) is 10.3. The van der Waals surface area contributed by atoms with Gasteiger partial charge >= 0.3 is 5.97 Å². The minimum Gasteiger partial charge on any atom is -0.480 e. The molecule has 0 aromatic rings. The largest absolute Gasteiger partial charge is 0.480 e.